The number of carbonyl (C=O) groups excluding carboxylic acids is 1. The van der Waals surface area contributed by atoms with Crippen molar-refractivity contribution in [2.24, 2.45) is 5.92 Å². The van der Waals surface area contributed by atoms with Crippen LogP contribution in [0.3, 0.4) is 0 Å². The Morgan fingerprint density at radius 1 is 1.58 bits per heavy atom. The number of aromatic nitrogens is 1. The van der Waals surface area contributed by atoms with Gasteiger partial charge in [0, 0.05) is 32.4 Å². The average Bonchev–Trinajstić information content (AvgIpc) is 3.05. The molecule has 6 heteroatoms. The van der Waals surface area contributed by atoms with Crippen molar-refractivity contribution in [3.8, 4) is 6.07 Å². The molecule has 0 aromatic carbocycles. The van der Waals surface area contributed by atoms with Gasteiger partial charge in [0.25, 0.3) is 0 Å². The first-order valence-electron chi connectivity index (χ1n) is 8.54. The van der Waals surface area contributed by atoms with Crippen molar-refractivity contribution in [1.82, 2.24) is 14.8 Å². The quantitative estimate of drug-likeness (QED) is 0.827. The summed E-state index contributed by atoms with van der Waals surface area (Å²) in [4.78, 5) is 20.8. The van der Waals surface area contributed by atoms with Gasteiger partial charge in [0.05, 0.1) is 18.5 Å². The molecule has 0 aliphatic carbocycles. The van der Waals surface area contributed by atoms with Crippen LogP contribution in [0.5, 0.6) is 0 Å². The molecule has 1 aromatic heterocycles. The molecule has 1 aromatic rings. The average molecular weight is 329 g/mol. The van der Waals surface area contributed by atoms with E-state index in [-0.39, 0.29) is 11.9 Å². The lowest BCUT2D eigenvalue weighted by Crippen LogP contribution is -2.45. The van der Waals surface area contributed by atoms with Gasteiger partial charge in [0.15, 0.2) is 0 Å². The van der Waals surface area contributed by atoms with Crippen molar-refractivity contribution < 1.29 is 4.79 Å². The topological polar surface area (TPSA) is 72.3 Å². The summed E-state index contributed by atoms with van der Waals surface area (Å²) in [6, 6.07) is 7.92. The highest BCUT2D eigenvalue weighted by atomic mass is 16.2. The van der Waals surface area contributed by atoms with E-state index in [4.69, 9.17) is 5.26 Å². The number of nitrogens with one attached hydrogen (secondary N) is 1. The number of likely N-dealkylation sites (N-methyl/N-ethyl adjacent to an activating group) is 1. The molecule has 1 aliphatic heterocycles. The number of likely N-dealkylation sites (tertiary alicyclic amines) is 1. The lowest BCUT2D eigenvalue weighted by molar-refractivity contribution is -0.134. The molecule has 0 spiro atoms. The second-order valence-corrected chi connectivity index (χ2v) is 6.54. The van der Waals surface area contributed by atoms with Gasteiger partial charge in [0.1, 0.15) is 5.82 Å². The fraction of sp³-hybridized carbons (Fsp3) is 0.611. The van der Waals surface area contributed by atoms with E-state index in [2.05, 4.69) is 21.3 Å². The van der Waals surface area contributed by atoms with E-state index in [1.807, 2.05) is 32.0 Å². The smallest absolute Gasteiger partial charge is 0.239 e. The van der Waals surface area contributed by atoms with E-state index < -0.39 is 0 Å². The Kier molecular flexibility index (Phi) is 6.56. The van der Waals surface area contributed by atoms with E-state index in [9.17, 15) is 4.79 Å². The van der Waals surface area contributed by atoms with Crippen molar-refractivity contribution in [2.75, 3.05) is 38.5 Å². The summed E-state index contributed by atoms with van der Waals surface area (Å²) < 4.78 is 0. The predicted octanol–water partition coefficient (Wildman–Crippen LogP) is 1.88. The predicted molar refractivity (Wildman–Crippen MR) is 94.5 cm³/mol. The Bertz CT molecular complexity index is 597. The number of hydrogen-bond acceptors (Lipinski definition) is 5. The fourth-order valence-corrected chi connectivity index (χ4v) is 3.07. The maximum absolute atomic E-state index is 12.4. The van der Waals surface area contributed by atoms with Gasteiger partial charge < -0.3 is 10.2 Å². The van der Waals surface area contributed by atoms with Crippen molar-refractivity contribution >= 4 is 11.7 Å². The molecule has 0 unspecified atom stereocenters. The van der Waals surface area contributed by atoms with Crippen LogP contribution in [0.15, 0.2) is 18.2 Å². The molecule has 24 heavy (non-hydrogen) atoms. The van der Waals surface area contributed by atoms with Gasteiger partial charge in [-0.05, 0) is 44.9 Å². The number of hydrogen-bond donors (Lipinski definition) is 1. The number of rotatable bonds is 7. The van der Waals surface area contributed by atoms with Crippen LogP contribution in [0, 0.1) is 24.2 Å². The Labute approximate surface area is 144 Å². The van der Waals surface area contributed by atoms with Gasteiger partial charge in [-0.25, -0.2) is 4.98 Å². The van der Waals surface area contributed by atoms with Crippen LogP contribution < -0.4 is 5.32 Å². The van der Waals surface area contributed by atoms with Crippen molar-refractivity contribution in [2.45, 2.75) is 32.7 Å². The Balaban J connectivity index is 1.79. The second kappa shape index (κ2) is 8.65. The van der Waals surface area contributed by atoms with Gasteiger partial charge in [0.2, 0.25) is 5.91 Å². The van der Waals surface area contributed by atoms with Crippen LogP contribution in [0.4, 0.5) is 5.82 Å². The number of anilines is 1. The Morgan fingerprint density at radius 2 is 2.38 bits per heavy atom. The molecule has 1 N–H and O–H groups in total. The van der Waals surface area contributed by atoms with E-state index in [1.54, 1.807) is 11.9 Å². The molecule has 2 heterocycles. The van der Waals surface area contributed by atoms with Crippen LogP contribution in [-0.2, 0) is 4.79 Å². The Hall–Kier alpha value is -2.13. The third-order valence-electron chi connectivity index (χ3n) is 4.62. The zero-order valence-electron chi connectivity index (χ0n) is 14.8. The zero-order valence-corrected chi connectivity index (χ0v) is 14.8. The van der Waals surface area contributed by atoms with Gasteiger partial charge in [-0.2, -0.15) is 5.26 Å². The maximum atomic E-state index is 12.4. The minimum absolute atomic E-state index is 0.0965. The molecule has 0 bridgehead atoms. The monoisotopic (exact) mass is 329 g/mol. The summed E-state index contributed by atoms with van der Waals surface area (Å²) in [7, 11) is 1.77. The lowest BCUT2D eigenvalue weighted by atomic mass is 10.1. The minimum atomic E-state index is -0.129. The molecule has 2 atom stereocenters. The summed E-state index contributed by atoms with van der Waals surface area (Å²) in [6.45, 7) is 7.17. The van der Waals surface area contributed by atoms with Gasteiger partial charge in [-0.3, -0.25) is 9.69 Å². The summed E-state index contributed by atoms with van der Waals surface area (Å²) in [5.74, 6) is 1.53. The highest BCUT2D eigenvalue weighted by Gasteiger charge is 2.30. The maximum Gasteiger partial charge on any atom is 0.239 e. The molecule has 1 saturated heterocycles. The second-order valence-electron chi connectivity index (χ2n) is 6.54. The van der Waals surface area contributed by atoms with Gasteiger partial charge >= 0.3 is 0 Å². The summed E-state index contributed by atoms with van der Waals surface area (Å²) >= 11 is 0. The number of carbonyl (C=O) groups is 1. The molecule has 1 amide bonds. The SMILES string of the molecule is Cc1cccc(NC[C@@H]2CCN([C@@H](C)C(=O)N(C)CCC#N)C2)n1. The van der Waals surface area contributed by atoms with Crippen LogP contribution in [0.1, 0.15) is 25.5 Å². The largest absolute Gasteiger partial charge is 0.370 e. The first-order chi connectivity index (χ1) is 11.5. The van der Waals surface area contributed by atoms with E-state index in [0.29, 0.717) is 18.9 Å². The van der Waals surface area contributed by atoms with Crippen molar-refractivity contribution in [1.29, 1.82) is 5.26 Å². The van der Waals surface area contributed by atoms with E-state index in [1.165, 1.54) is 0 Å². The first kappa shape index (κ1) is 18.2. The van der Waals surface area contributed by atoms with E-state index >= 15 is 0 Å². The number of pyridine rings is 1. The van der Waals surface area contributed by atoms with Crippen LogP contribution in [-0.4, -0.2) is 60.0 Å². The highest BCUT2D eigenvalue weighted by molar-refractivity contribution is 5.81. The molecule has 0 radical (unpaired) electrons. The third-order valence-corrected chi connectivity index (χ3v) is 4.62. The molecule has 6 nitrogen and oxygen atoms in total. The number of aryl methyl sites for hydroxylation is 1. The van der Waals surface area contributed by atoms with Crippen LogP contribution >= 0.6 is 0 Å². The molecule has 2 rings (SSSR count). The number of nitrogens with zero attached hydrogens (tertiary/aromatic N) is 4. The summed E-state index contributed by atoms with van der Waals surface area (Å²) in [5, 5.41) is 12.0. The van der Waals surface area contributed by atoms with Crippen LogP contribution in [0.25, 0.3) is 0 Å². The molecule has 1 fully saturated rings. The molecule has 130 valence electrons. The number of nitriles is 1. The van der Waals surface area contributed by atoms with E-state index in [0.717, 1.165) is 37.6 Å². The van der Waals surface area contributed by atoms with Crippen LogP contribution in [0.2, 0.25) is 0 Å². The zero-order chi connectivity index (χ0) is 17.5. The summed E-state index contributed by atoms with van der Waals surface area (Å²) in [6.07, 6.45) is 1.46. The molecule has 0 saturated carbocycles. The lowest BCUT2D eigenvalue weighted by Gasteiger charge is -2.27. The molecule has 1 aliphatic rings. The third kappa shape index (κ3) is 4.93. The standard InChI is InChI=1S/C18H27N5O/c1-14-6-4-7-17(21-14)20-12-16-8-11-23(13-16)15(2)18(24)22(3)10-5-9-19/h4,6-7,15-16H,5,8,10-13H2,1-3H3,(H,20,21)/t15-,16-/m0/s1. The van der Waals surface area contributed by atoms with Crippen molar-refractivity contribution in [3.05, 3.63) is 23.9 Å². The molecular weight excluding hydrogens is 302 g/mol. The normalized spacial score (nSPS) is 18.8. The van der Waals surface area contributed by atoms with Crippen molar-refractivity contribution in [3.63, 3.8) is 0 Å². The highest BCUT2D eigenvalue weighted by Crippen LogP contribution is 2.20. The summed E-state index contributed by atoms with van der Waals surface area (Å²) in [5.41, 5.74) is 1.01. The fourth-order valence-electron chi connectivity index (χ4n) is 3.07. The van der Waals surface area contributed by atoms with Gasteiger partial charge in [-0.15, -0.1) is 0 Å². The van der Waals surface area contributed by atoms with Gasteiger partial charge in [-0.1, -0.05) is 6.07 Å². The minimum Gasteiger partial charge on any atom is -0.370 e. The first-order valence-corrected chi connectivity index (χ1v) is 8.54. The Morgan fingerprint density at radius 3 is 3.08 bits per heavy atom. The molecular formula is C18H27N5O. The number of amides is 1.